The normalized spacial score (nSPS) is 18.9. The maximum atomic E-state index is 11.9. The highest BCUT2D eigenvalue weighted by Crippen LogP contribution is 2.32. The summed E-state index contributed by atoms with van der Waals surface area (Å²) in [7, 11) is 0. The van der Waals surface area contributed by atoms with Gasteiger partial charge in [-0.3, -0.25) is 9.59 Å². The Morgan fingerprint density at radius 1 is 1.31 bits per heavy atom. The van der Waals surface area contributed by atoms with Gasteiger partial charge in [-0.25, -0.2) is 0 Å². The summed E-state index contributed by atoms with van der Waals surface area (Å²) in [6.07, 6.45) is 4.12. The Bertz CT molecular complexity index is 319. The van der Waals surface area contributed by atoms with Gasteiger partial charge in [0.05, 0.1) is 0 Å². The van der Waals surface area contributed by atoms with Crippen LogP contribution in [0.2, 0.25) is 0 Å². The Morgan fingerprint density at radius 3 is 2.31 bits per heavy atom. The molecule has 1 heterocycles. The van der Waals surface area contributed by atoms with Crippen LogP contribution in [0.15, 0.2) is 12.7 Å². The number of amides is 2. The van der Waals surface area contributed by atoms with E-state index in [9.17, 15) is 9.59 Å². The maximum Gasteiger partial charge on any atom is 0.241 e. The molecule has 1 aliphatic heterocycles. The minimum atomic E-state index is -0.981. The zero-order chi connectivity index (χ0) is 12.2. The summed E-state index contributed by atoms with van der Waals surface area (Å²) >= 11 is 4.78. The first-order valence-electron chi connectivity index (χ1n) is 5.34. The molecule has 0 spiro atoms. The molecule has 2 N–H and O–H groups in total. The van der Waals surface area contributed by atoms with Crippen molar-refractivity contribution in [2.75, 3.05) is 0 Å². The molecule has 0 saturated carbocycles. The monoisotopic (exact) mass is 240 g/mol. The summed E-state index contributed by atoms with van der Waals surface area (Å²) in [5.41, 5.74) is -0.981. The summed E-state index contributed by atoms with van der Waals surface area (Å²) in [6, 6.07) is 0. The molecule has 0 unspecified atom stereocenters. The third-order valence-corrected chi connectivity index (χ3v) is 2.98. The van der Waals surface area contributed by atoms with E-state index in [0.717, 1.165) is 6.42 Å². The topological polar surface area (TPSA) is 58.2 Å². The fraction of sp³-hybridized carbons (Fsp3) is 0.545. The van der Waals surface area contributed by atoms with E-state index in [0.29, 0.717) is 19.3 Å². The van der Waals surface area contributed by atoms with E-state index < -0.39 is 5.41 Å². The quantitative estimate of drug-likeness (QED) is 0.432. The van der Waals surface area contributed by atoms with Gasteiger partial charge in [-0.1, -0.05) is 19.4 Å². The Morgan fingerprint density at radius 2 is 1.88 bits per heavy atom. The van der Waals surface area contributed by atoms with Crippen LogP contribution >= 0.6 is 12.2 Å². The van der Waals surface area contributed by atoms with Crippen molar-refractivity contribution in [1.82, 2.24) is 10.6 Å². The number of carbonyl (C=O) groups excluding carboxylic acids is 2. The average molecular weight is 240 g/mol. The van der Waals surface area contributed by atoms with Crippen molar-refractivity contribution >= 4 is 29.1 Å². The standard InChI is InChI=1S/C11H16N2O2S/c1-3-5-7-11(6-4-2)8(14)12-10(16)13-9(11)15/h3H,1,4-7H2,2H3,(H2,12,13,14,15,16). The second-order valence-electron chi connectivity index (χ2n) is 3.90. The predicted octanol–water partition coefficient (Wildman–Crippen LogP) is 1.27. The smallest absolute Gasteiger partial charge is 0.241 e. The highest BCUT2D eigenvalue weighted by molar-refractivity contribution is 7.80. The van der Waals surface area contributed by atoms with Crippen molar-refractivity contribution in [3.63, 3.8) is 0 Å². The number of hydrogen-bond acceptors (Lipinski definition) is 3. The number of rotatable bonds is 5. The van der Waals surface area contributed by atoms with Gasteiger partial charge < -0.3 is 10.6 Å². The maximum absolute atomic E-state index is 11.9. The number of carbonyl (C=O) groups is 2. The third-order valence-electron chi connectivity index (χ3n) is 2.78. The Labute approximate surface area is 100 Å². The van der Waals surface area contributed by atoms with Crippen molar-refractivity contribution in [2.24, 2.45) is 5.41 Å². The molecule has 5 heteroatoms. The highest BCUT2D eigenvalue weighted by Gasteiger charge is 2.47. The van der Waals surface area contributed by atoms with E-state index in [1.54, 1.807) is 6.08 Å². The molecule has 0 aliphatic carbocycles. The lowest BCUT2D eigenvalue weighted by Gasteiger charge is -2.34. The first-order valence-corrected chi connectivity index (χ1v) is 5.75. The molecule has 4 nitrogen and oxygen atoms in total. The summed E-state index contributed by atoms with van der Waals surface area (Å²) in [6.45, 7) is 5.56. The highest BCUT2D eigenvalue weighted by atomic mass is 32.1. The lowest BCUT2D eigenvalue weighted by atomic mass is 9.76. The first-order chi connectivity index (χ1) is 7.56. The van der Waals surface area contributed by atoms with Gasteiger partial charge in [0.1, 0.15) is 5.41 Å². The van der Waals surface area contributed by atoms with Crippen LogP contribution in [0.25, 0.3) is 0 Å². The third kappa shape index (κ3) is 2.29. The lowest BCUT2D eigenvalue weighted by Crippen LogP contribution is -2.62. The fourth-order valence-electron chi connectivity index (χ4n) is 1.93. The summed E-state index contributed by atoms with van der Waals surface area (Å²) < 4.78 is 0. The van der Waals surface area contributed by atoms with Crippen molar-refractivity contribution in [1.29, 1.82) is 0 Å². The fourth-order valence-corrected chi connectivity index (χ4v) is 2.12. The molecular formula is C11H16N2O2S. The molecule has 1 rings (SSSR count). The van der Waals surface area contributed by atoms with Gasteiger partial charge in [0.2, 0.25) is 11.8 Å². The van der Waals surface area contributed by atoms with Crippen molar-refractivity contribution in [3.05, 3.63) is 12.7 Å². The van der Waals surface area contributed by atoms with Gasteiger partial charge in [0.15, 0.2) is 5.11 Å². The molecule has 88 valence electrons. The van der Waals surface area contributed by atoms with Crippen LogP contribution in [0, 0.1) is 5.41 Å². The van der Waals surface area contributed by atoms with Crippen molar-refractivity contribution in [3.8, 4) is 0 Å². The van der Waals surface area contributed by atoms with Crippen LogP contribution in [0.3, 0.4) is 0 Å². The predicted molar refractivity (Wildman–Crippen MR) is 65.7 cm³/mol. The zero-order valence-corrected chi connectivity index (χ0v) is 10.2. The number of allylic oxidation sites excluding steroid dienone is 1. The van der Waals surface area contributed by atoms with Gasteiger partial charge in [-0.15, -0.1) is 6.58 Å². The van der Waals surface area contributed by atoms with Crippen molar-refractivity contribution in [2.45, 2.75) is 32.6 Å². The number of thiocarbonyl (C=S) groups is 1. The molecule has 16 heavy (non-hydrogen) atoms. The van der Waals surface area contributed by atoms with Crippen LogP contribution in [0.4, 0.5) is 0 Å². The number of nitrogens with one attached hydrogen (secondary N) is 2. The first kappa shape index (κ1) is 12.8. The Hall–Kier alpha value is -1.23. The van der Waals surface area contributed by atoms with Gasteiger partial charge in [-0.2, -0.15) is 0 Å². The van der Waals surface area contributed by atoms with Crippen LogP contribution in [-0.2, 0) is 9.59 Å². The van der Waals surface area contributed by atoms with Crippen LogP contribution < -0.4 is 10.6 Å². The van der Waals surface area contributed by atoms with Gasteiger partial charge in [0.25, 0.3) is 0 Å². The Kier molecular flexibility index (Phi) is 4.18. The van der Waals surface area contributed by atoms with Gasteiger partial charge in [0, 0.05) is 0 Å². The average Bonchev–Trinajstić information content (AvgIpc) is 2.22. The Balaban J connectivity index is 2.96. The van der Waals surface area contributed by atoms with E-state index in [-0.39, 0.29) is 16.9 Å². The molecule has 0 atom stereocenters. The molecule has 1 fully saturated rings. The van der Waals surface area contributed by atoms with E-state index in [1.807, 2.05) is 6.92 Å². The summed E-state index contributed by atoms with van der Waals surface area (Å²) in [5.74, 6) is -0.574. The lowest BCUT2D eigenvalue weighted by molar-refractivity contribution is -0.144. The molecular weight excluding hydrogens is 224 g/mol. The molecule has 2 amide bonds. The minimum Gasteiger partial charge on any atom is -0.302 e. The molecule has 1 saturated heterocycles. The molecule has 1 aliphatic rings. The molecule has 0 aromatic rings. The molecule has 0 radical (unpaired) electrons. The largest absolute Gasteiger partial charge is 0.302 e. The summed E-state index contributed by atoms with van der Waals surface area (Å²) in [5, 5.41) is 5.14. The van der Waals surface area contributed by atoms with E-state index >= 15 is 0 Å². The minimum absolute atomic E-state index is 0.0975. The molecule has 0 aromatic heterocycles. The van der Waals surface area contributed by atoms with E-state index in [2.05, 4.69) is 17.2 Å². The van der Waals surface area contributed by atoms with Gasteiger partial charge in [-0.05, 0) is 31.5 Å². The van der Waals surface area contributed by atoms with Gasteiger partial charge >= 0.3 is 0 Å². The molecule has 0 bridgehead atoms. The second-order valence-corrected chi connectivity index (χ2v) is 4.31. The van der Waals surface area contributed by atoms with Crippen molar-refractivity contribution < 1.29 is 9.59 Å². The van der Waals surface area contributed by atoms with Crippen LogP contribution in [0.5, 0.6) is 0 Å². The zero-order valence-electron chi connectivity index (χ0n) is 9.34. The van der Waals surface area contributed by atoms with E-state index in [4.69, 9.17) is 12.2 Å². The number of hydrogen-bond donors (Lipinski definition) is 2. The van der Waals surface area contributed by atoms with E-state index in [1.165, 1.54) is 0 Å². The second kappa shape index (κ2) is 5.21. The SMILES string of the molecule is C=CCCC1(CCC)C(=O)NC(=S)NC1=O. The summed E-state index contributed by atoms with van der Waals surface area (Å²) in [4.78, 5) is 23.9. The van der Waals surface area contributed by atoms with Crippen LogP contribution in [-0.4, -0.2) is 16.9 Å². The van der Waals surface area contributed by atoms with Crippen LogP contribution in [0.1, 0.15) is 32.6 Å². The molecule has 0 aromatic carbocycles.